The summed E-state index contributed by atoms with van der Waals surface area (Å²) < 4.78 is 4.39. The van der Waals surface area contributed by atoms with Crippen molar-refractivity contribution in [2.24, 2.45) is 0 Å². The maximum atomic E-state index is 2.67. The summed E-state index contributed by atoms with van der Waals surface area (Å²) in [4.78, 5) is 0. The van der Waals surface area contributed by atoms with Crippen molar-refractivity contribution >= 4 is 12.2 Å². The van der Waals surface area contributed by atoms with Crippen molar-refractivity contribution in [2.45, 2.75) is 84.1 Å². The monoisotopic (exact) mass is 668 g/mol. The van der Waals surface area contributed by atoms with Gasteiger partial charge in [0.05, 0.1) is 0 Å². The van der Waals surface area contributed by atoms with Crippen molar-refractivity contribution in [3.05, 3.63) is 129 Å². The molecule has 3 aliphatic rings. The first-order valence-electron chi connectivity index (χ1n) is 16.8. The average molecular weight is 670 g/mol. The van der Waals surface area contributed by atoms with Crippen LogP contribution < -0.4 is 24.8 Å². The Morgan fingerprint density at radius 2 is 0.956 bits per heavy atom. The van der Waals surface area contributed by atoms with Crippen molar-refractivity contribution in [3.63, 3.8) is 0 Å². The van der Waals surface area contributed by atoms with Gasteiger partial charge in [0.2, 0.25) is 0 Å². The van der Waals surface area contributed by atoms with Crippen molar-refractivity contribution in [3.8, 4) is 22.3 Å². The molecule has 1 aliphatic heterocycles. The largest absolute Gasteiger partial charge is 1.00 e. The van der Waals surface area contributed by atoms with E-state index in [4.69, 9.17) is 0 Å². The molecule has 4 aromatic carbocycles. The number of hydrogen-bond acceptors (Lipinski definition) is 0. The van der Waals surface area contributed by atoms with Crippen LogP contribution in [-0.4, -0.2) is 0 Å². The fraction of sp³-hybridized carbons (Fsp3) is 0.333. The van der Waals surface area contributed by atoms with E-state index in [2.05, 4.69) is 125 Å². The molecule has 2 unspecified atom stereocenters. The van der Waals surface area contributed by atoms with E-state index in [1.165, 1.54) is 92.5 Å². The van der Waals surface area contributed by atoms with Gasteiger partial charge in [0.15, 0.2) is 0 Å². The summed E-state index contributed by atoms with van der Waals surface area (Å²) in [5.41, 5.74) is 18.2. The Balaban J connectivity index is 0.00000200. The predicted octanol–water partition coefficient (Wildman–Crippen LogP) is 6.61. The maximum absolute atomic E-state index is 2.67. The molecule has 7 rings (SSSR count). The number of unbranched alkanes of at least 4 members (excludes halogenated alkanes) is 2. The summed E-state index contributed by atoms with van der Waals surface area (Å²) in [6.45, 7) is 9.09. The van der Waals surface area contributed by atoms with Gasteiger partial charge in [0, 0.05) is 0 Å². The average Bonchev–Trinajstić information content (AvgIpc) is 3.57. The van der Waals surface area contributed by atoms with E-state index in [1.807, 2.05) is 0 Å². The molecule has 232 valence electrons. The summed E-state index contributed by atoms with van der Waals surface area (Å²) in [5, 5.41) is 0. The van der Waals surface area contributed by atoms with Gasteiger partial charge in [0.1, 0.15) is 0 Å². The van der Waals surface area contributed by atoms with E-state index < -0.39 is 16.6 Å². The number of hydrogen-bond donors (Lipinski definition) is 0. The summed E-state index contributed by atoms with van der Waals surface area (Å²) in [6, 6.07) is 32.9. The topological polar surface area (TPSA) is 0 Å². The molecular weight excluding hydrogens is 623 g/mol. The molecule has 3 heteroatoms. The van der Waals surface area contributed by atoms with Crippen molar-refractivity contribution in [1.29, 1.82) is 0 Å². The third-order valence-electron chi connectivity index (χ3n) is 10.6. The zero-order chi connectivity index (χ0) is 29.6. The van der Waals surface area contributed by atoms with E-state index in [0.717, 1.165) is 0 Å². The van der Waals surface area contributed by atoms with E-state index in [9.17, 15) is 0 Å². The molecule has 0 nitrogen and oxygen atoms in total. The fourth-order valence-corrected chi connectivity index (χ4v) is 18.7. The number of allylic oxidation sites excluding steroid dienone is 2. The maximum Gasteiger partial charge on any atom is -1.00 e. The minimum Gasteiger partial charge on any atom is -1.00 e. The molecule has 0 spiro atoms. The van der Waals surface area contributed by atoms with Gasteiger partial charge < -0.3 is 24.8 Å². The molecule has 2 atom stereocenters. The second-order valence-corrected chi connectivity index (χ2v) is 20.8. The predicted molar refractivity (Wildman–Crippen MR) is 183 cm³/mol. The molecule has 0 aromatic heterocycles. The SMILES string of the molecule is CCCCC1=Cc2c(-c3ccc(C)cc3)cccc2[CH]1[Ti+2]1([CH]2C(CCCC)=Cc3c(-c4ccc(C)cc4)cccc32)[CH2][CH2]1.[Cl-].[Cl-]. The normalized spacial score (nSPS) is 18.0. The molecule has 1 fully saturated rings. The Morgan fingerprint density at radius 3 is 1.31 bits per heavy atom. The minimum absolute atomic E-state index is 0. The second-order valence-electron chi connectivity index (χ2n) is 13.6. The molecule has 2 aliphatic carbocycles. The van der Waals surface area contributed by atoms with E-state index >= 15 is 0 Å². The zero-order valence-electron chi connectivity index (χ0n) is 27.3. The minimum atomic E-state index is -2.41. The Morgan fingerprint density at radius 1 is 0.556 bits per heavy atom. The number of benzene rings is 4. The van der Waals surface area contributed by atoms with Crippen LogP contribution in [0.1, 0.15) is 94.2 Å². The van der Waals surface area contributed by atoms with Gasteiger partial charge in [-0.1, -0.05) is 0 Å². The zero-order valence-corrected chi connectivity index (χ0v) is 30.4. The van der Waals surface area contributed by atoms with Gasteiger partial charge >= 0.3 is 265 Å². The van der Waals surface area contributed by atoms with Crippen LogP contribution in [0.4, 0.5) is 0 Å². The molecule has 0 N–H and O–H groups in total. The standard InChI is InChI=1S/2C20H21.C2H4.2ClH.Ti/c2*1-3-4-6-16-13-18-7-5-8-19(20(18)14-16)17-11-9-15(2)10-12-17;1-2;;;/h2*5,7-14H,3-4,6H2,1-2H3;1-2H2;2*1H;/q;;;;;+2/p-2. The van der Waals surface area contributed by atoms with Crippen LogP contribution in [0.15, 0.2) is 96.1 Å². The van der Waals surface area contributed by atoms with Crippen LogP contribution >= 0.6 is 0 Å². The van der Waals surface area contributed by atoms with Crippen molar-refractivity contribution in [1.82, 2.24) is 0 Å². The number of rotatable bonds is 10. The van der Waals surface area contributed by atoms with Crippen LogP contribution in [0.25, 0.3) is 34.4 Å². The molecule has 4 aromatic rings. The van der Waals surface area contributed by atoms with E-state index in [-0.39, 0.29) is 24.8 Å². The van der Waals surface area contributed by atoms with Crippen LogP contribution in [0.5, 0.6) is 0 Å². The van der Waals surface area contributed by atoms with Gasteiger partial charge in [-0.05, 0) is 0 Å². The van der Waals surface area contributed by atoms with Gasteiger partial charge in [-0.15, -0.1) is 0 Å². The molecule has 1 saturated heterocycles. The van der Waals surface area contributed by atoms with Gasteiger partial charge in [-0.25, -0.2) is 0 Å². The first kappa shape index (κ1) is 34.0. The number of fused-ring (bicyclic) bond motifs is 2. The quantitative estimate of drug-likeness (QED) is 0.167. The Hall–Kier alpha value is -2.35. The Kier molecular flexibility index (Phi) is 10.7. The number of aryl methyl sites for hydroxylation is 2. The molecule has 0 amide bonds. The summed E-state index contributed by atoms with van der Waals surface area (Å²) in [7, 11) is 0. The summed E-state index contributed by atoms with van der Waals surface area (Å²) in [6.07, 6.45) is 13.0. The second kappa shape index (κ2) is 14.2. The molecule has 1 heterocycles. The molecule has 0 saturated carbocycles. The van der Waals surface area contributed by atoms with Gasteiger partial charge in [-0.2, -0.15) is 0 Å². The smallest absolute Gasteiger partial charge is 1.00 e. The van der Waals surface area contributed by atoms with Crippen molar-refractivity contribution < 1.29 is 41.4 Å². The Labute approximate surface area is 287 Å². The summed E-state index contributed by atoms with van der Waals surface area (Å²) in [5.74, 6) is 0. The third-order valence-corrected chi connectivity index (χ3v) is 18.9. The van der Waals surface area contributed by atoms with Gasteiger partial charge in [-0.3, -0.25) is 0 Å². The van der Waals surface area contributed by atoms with E-state index in [1.54, 1.807) is 22.3 Å². The molecule has 45 heavy (non-hydrogen) atoms. The van der Waals surface area contributed by atoms with Crippen molar-refractivity contribution in [2.75, 3.05) is 0 Å². The third kappa shape index (κ3) is 6.22. The number of halogens is 2. The molecular formula is C42H46Cl2Ti. The molecule has 0 radical (unpaired) electrons. The van der Waals surface area contributed by atoms with Crippen LogP contribution in [0.2, 0.25) is 9.45 Å². The first-order chi connectivity index (χ1) is 21.0. The fourth-order valence-electron chi connectivity index (χ4n) is 8.34. The summed E-state index contributed by atoms with van der Waals surface area (Å²) >= 11 is -2.41. The first-order valence-corrected chi connectivity index (χ1v) is 20.9. The Bertz CT molecular complexity index is 1580. The van der Waals surface area contributed by atoms with Crippen LogP contribution in [-0.2, 0) is 16.6 Å². The van der Waals surface area contributed by atoms with E-state index in [0.29, 0.717) is 8.45 Å². The van der Waals surface area contributed by atoms with Crippen LogP contribution in [0, 0.1) is 13.8 Å². The van der Waals surface area contributed by atoms with Gasteiger partial charge in [0.25, 0.3) is 0 Å². The molecule has 0 bridgehead atoms. The van der Waals surface area contributed by atoms with Crippen LogP contribution in [0.3, 0.4) is 0 Å².